The predicted octanol–water partition coefficient (Wildman–Crippen LogP) is 2.33. The highest BCUT2D eigenvalue weighted by Gasteiger charge is 2.20. The molecule has 1 aliphatic rings. The van der Waals surface area contributed by atoms with Gasteiger partial charge in [-0.05, 0) is 31.0 Å². The van der Waals surface area contributed by atoms with Crippen molar-refractivity contribution in [1.82, 2.24) is 29.9 Å². The van der Waals surface area contributed by atoms with Crippen molar-refractivity contribution in [2.75, 3.05) is 39.8 Å². The van der Waals surface area contributed by atoms with Gasteiger partial charge in [-0.3, -0.25) is 4.90 Å². The molecular formula is C22H34FN7O. The van der Waals surface area contributed by atoms with E-state index in [9.17, 15) is 4.39 Å². The molecule has 0 spiro atoms. The lowest BCUT2D eigenvalue weighted by atomic mass is 10.2. The summed E-state index contributed by atoms with van der Waals surface area (Å²) in [6.07, 6.45) is 2.24. The minimum Gasteiger partial charge on any atom is -0.494 e. The Morgan fingerprint density at radius 3 is 2.61 bits per heavy atom. The number of nitrogens with one attached hydrogen (secondary N) is 1. The molecule has 170 valence electrons. The minimum absolute atomic E-state index is 0.283. The van der Waals surface area contributed by atoms with Gasteiger partial charge in [0, 0.05) is 46.3 Å². The van der Waals surface area contributed by atoms with Gasteiger partial charge in [0.05, 0.1) is 7.11 Å². The van der Waals surface area contributed by atoms with Crippen LogP contribution in [0.25, 0.3) is 0 Å². The van der Waals surface area contributed by atoms with Crippen LogP contribution in [0.3, 0.4) is 0 Å². The van der Waals surface area contributed by atoms with E-state index in [2.05, 4.69) is 32.2 Å². The summed E-state index contributed by atoms with van der Waals surface area (Å²) < 4.78 is 21.0. The predicted molar refractivity (Wildman–Crippen MR) is 120 cm³/mol. The van der Waals surface area contributed by atoms with Crippen LogP contribution < -0.4 is 10.1 Å². The molecule has 0 atom stereocenters. The number of aromatic nitrogens is 3. The summed E-state index contributed by atoms with van der Waals surface area (Å²) in [7, 11) is 3.45. The second kappa shape index (κ2) is 11.1. The summed E-state index contributed by atoms with van der Waals surface area (Å²) in [5.41, 5.74) is 0.958. The fraction of sp³-hybridized carbons (Fsp3) is 0.591. The van der Waals surface area contributed by atoms with Gasteiger partial charge < -0.3 is 19.5 Å². The summed E-state index contributed by atoms with van der Waals surface area (Å²) in [5, 5.41) is 11.8. The number of nitrogens with zero attached hydrogens (tertiary/aromatic N) is 6. The fourth-order valence-corrected chi connectivity index (χ4v) is 3.56. The molecule has 2 heterocycles. The van der Waals surface area contributed by atoms with Crippen molar-refractivity contribution >= 4 is 5.96 Å². The van der Waals surface area contributed by atoms with E-state index in [1.807, 2.05) is 24.6 Å². The zero-order valence-corrected chi connectivity index (χ0v) is 19.1. The summed E-state index contributed by atoms with van der Waals surface area (Å²) in [4.78, 5) is 9.47. The molecule has 31 heavy (non-hydrogen) atoms. The minimum atomic E-state index is -0.313. The summed E-state index contributed by atoms with van der Waals surface area (Å²) >= 11 is 0. The van der Waals surface area contributed by atoms with Gasteiger partial charge >= 0.3 is 0 Å². The van der Waals surface area contributed by atoms with Crippen LogP contribution in [0.2, 0.25) is 0 Å². The number of hydrogen-bond acceptors (Lipinski definition) is 5. The van der Waals surface area contributed by atoms with Gasteiger partial charge in [0.1, 0.15) is 12.4 Å². The number of piperazine rings is 1. The molecule has 1 aliphatic heterocycles. The van der Waals surface area contributed by atoms with Gasteiger partial charge in [0.25, 0.3) is 0 Å². The average molecular weight is 432 g/mol. The van der Waals surface area contributed by atoms with Crippen molar-refractivity contribution in [2.45, 2.75) is 39.8 Å². The first-order valence-corrected chi connectivity index (χ1v) is 10.9. The molecule has 1 aromatic heterocycles. The van der Waals surface area contributed by atoms with Crippen LogP contribution in [0.1, 0.15) is 37.0 Å². The highest BCUT2D eigenvalue weighted by Crippen LogP contribution is 2.19. The quantitative estimate of drug-likeness (QED) is 0.393. The number of guanidine groups is 1. The largest absolute Gasteiger partial charge is 0.494 e. The van der Waals surface area contributed by atoms with Crippen LogP contribution in [-0.2, 0) is 20.1 Å². The Morgan fingerprint density at radius 2 is 2.00 bits per heavy atom. The lowest BCUT2D eigenvalue weighted by Gasteiger charge is -2.36. The standard InChI is InChI=1S/C22H34FN7O/c1-5-6-9-24-22(25-15-21-27-26-17(2)28(21)3)30-12-10-29(11-13-30)16-18-7-8-20(31-4)19(23)14-18/h7-8,14H,5-6,9-13,15-16H2,1-4H3,(H,24,25). The topological polar surface area (TPSA) is 70.8 Å². The maximum atomic E-state index is 14.0. The molecule has 1 aromatic carbocycles. The van der Waals surface area contributed by atoms with Gasteiger partial charge in [0.2, 0.25) is 0 Å². The van der Waals surface area contributed by atoms with Crippen LogP contribution in [-0.4, -0.2) is 70.4 Å². The zero-order valence-electron chi connectivity index (χ0n) is 19.1. The van der Waals surface area contributed by atoms with E-state index in [0.717, 1.165) is 75.3 Å². The third kappa shape index (κ3) is 6.16. The lowest BCUT2D eigenvalue weighted by molar-refractivity contribution is 0.172. The molecule has 0 radical (unpaired) electrons. The molecule has 1 N–H and O–H groups in total. The van der Waals surface area contributed by atoms with E-state index in [1.54, 1.807) is 12.1 Å². The first-order valence-electron chi connectivity index (χ1n) is 10.9. The Balaban J connectivity index is 1.59. The molecule has 8 nitrogen and oxygen atoms in total. The summed E-state index contributed by atoms with van der Waals surface area (Å²) in [6.45, 7) is 9.77. The normalized spacial score (nSPS) is 15.4. The van der Waals surface area contributed by atoms with Crippen LogP contribution in [0.4, 0.5) is 4.39 Å². The number of benzene rings is 1. The number of hydrogen-bond donors (Lipinski definition) is 1. The molecule has 1 fully saturated rings. The Labute approximate surface area is 184 Å². The molecule has 0 saturated carbocycles. The number of ether oxygens (including phenoxy) is 1. The van der Waals surface area contributed by atoms with Gasteiger partial charge in [-0.15, -0.1) is 10.2 Å². The molecule has 9 heteroatoms. The Kier molecular flexibility index (Phi) is 8.22. The highest BCUT2D eigenvalue weighted by molar-refractivity contribution is 5.80. The van der Waals surface area contributed by atoms with Gasteiger partial charge in [-0.25, -0.2) is 9.38 Å². The monoisotopic (exact) mass is 431 g/mol. The van der Waals surface area contributed by atoms with Gasteiger partial charge in [-0.1, -0.05) is 19.4 Å². The number of unbranched alkanes of at least 4 members (excludes halogenated alkanes) is 1. The van der Waals surface area contributed by atoms with Crippen molar-refractivity contribution in [1.29, 1.82) is 0 Å². The van der Waals surface area contributed by atoms with E-state index in [4.69, 9.17) is 9.73 Å². The Hall–Kier alpha value is -2.68. The fourth-order valence-electron chi connectivity index (χ4n) is 3.56. The van der Waals surface area contributed by atoms with E-state index in [-0.39, 0.29) is 11.6 Å². The van der Waals surface area contributed by atoms with Crippen molar-refractivity contribution in [3.63, 3.8) is 0 Å². The molecule has 1 saturated heterocycles. The number of aryl methyl sites for hydroxylation is 1. The van der Waals surface area contributed by atoms with E-state index in [1.165, 1.54) is 7.11 Å². The van der Waals surface area contributed by atoms with Crippen molar-refractivity contribution in [2.24, 2.45) is 12.0 Å². The van der Waals surface area contributed by atoms with Gasteiger partial charge in [0.15, 0.2) is 23.4 Å². The first-order chi connectivity index (χ1) is 15.0. The number of methoxy groups -OCH3 is 1. The number of rotatable bonds is 8. The number of aliphatic imine (C=N–C) groups is 1. The van der Waals surface area contributed by atoms with Crippen molar-refractivity contribution < 1.29 is 9.13 Å². The van der Waals surface area contributed by atoms with Crippen LogP contribution in [0.15, 0.2) is 23.2 Å². The second-order valence-corrected chi connectivity index (χ2v) is 7.87. The molecule has 0 bridgehead atoms. The molecule has 2 aromatic rings. The van der Waals surface area contributed by atoms with Crippen molar-refractivity contribution in [3.05, 3.63) is 41.2 Å². The van der Waals surface area contributed by atoms with E-state index in [0.29, 0.717) is 6.54 Å². The molecule has 0 aliphatic carbocycles. The van der Waals surface area contributed by atoms with Crippen LogP contribution in [0, 0.1) is 12.7 Å². The third-order valence-corrected chi connectivity index (χ3v) is 5.66. The van der Waals surface area contributed by atoms with Crippen LogP contribution >= 0.6 is 0 Å². The zero-order chi connectivity index (χ0) is 22.2. The first kappa shape index (κ1) is 23.0. The average Bonchev–Trinajstić information content (AvgIpc) is 3.09. The Bertz CT molecular complexity index is 875. The lowest BCUT2D eigenvalue weighted by Crippen LogP contribution is -2.52. The Morgan fingerprint density at radius 1 is 1.23 bits per heavy atom. The SMILES string of the molecule is CCCCNC(=NCc1nnc(C)n1C)N1CCN(Cc2ccc(OC)c(F)c2)CC1. The van der Waals surface area contributed by atoms with Gasteiger partial charge in [-0.2, -0.15) is 0 Å². The number of halogens is 1. The molecular weight excluding hydrogens is 397 g/mol. The second-order valence-electron chi connectivity index (χ2n) is 7.87. The summed E-state index contributed by atoms with van der Waals surface area (Å²) in [6, 6.07) is 5.18. The molecule has 3 rings (SSSR count). The third-order valence-electron chi connectivity index (χ3n) is 5.66. The van der Waals surface area contributed by atoms with Crippen molar-refractivity contribution in [3.8, 4) is 5.75 Å². The highest BCUT2D eigenvalue weighted by atomic mass is 19.1. The molecule has 0 amide bonds. The summed E-state index contributed by atoms with van der Waals surface area (Å²) in [5.74, 6) is 2.63. The maximum Gasteiger partial charge on any atom is 0.194 e. The molecule has 0 unspecified atom stereocenters. The van der Waals surface area contributed by atoms with E-state index >= 15 is 0 Å². The van der Waals surface area contributed by atoms with Crippen LogP contribution in [0.5, 0.6) is 5.75 Å². The van der Waals surface area contributed by atoms with E-state index < -0.39 is 0 Å². The smallest absolute Gasteiger partial charge is 0.194 e. The maximum absolute atomic E-state index is 14.0.